The molecule has 1 fully saturated rings. The molecule has 32 heavy (non-hydrogen) atoms. The molecule has 1 aliphatic heterocycles. The Morgan fingerprint density at radius 3 is 2.19 bits per heavy atom. The number of ketones is 1. The molecule has 0 bridgehead atoms. The first-order valence-corrected chi connectivity index (χ1v) is 10.5. The third kappa shape index (κ3) is 4.22. The van der Waals surface area contributed by atoms with Crippen molar-refractivity contribution in [1.82, 2.24) is 9.47 Å². The highest BCUT2D eigenvalue weighted by Crippen LogP contribution is 2.32. The van der Waals surface area contributed by atoms with Gasteiger partial charge in [-0.25, -0.2) is 0 Å². The van der Waals surface area contributed by atoms with E-state index in [1.165, 1.54) is 6.92 Å². The maximum absolute atomic E-state index is 12.3. The fourth-order valence-corrected chi connectivity index (χ4v) is 4.40. The van der Waals surface area contributed by atoms with Gasteiger partial charge in [-0.1, -0.05) is 18.2 Å². The van der Waals surface area contributed by atoms with Gasteiger partial charge in [0.2, 0.25) is 0 Å². The number of carboxylic acid groups (broad SMARTS) is 2. The van der Waals surface area contributed by atoms with Crippen LogP contribution in [0.3, 0.4) is 0 Å². The van der Waals surface area contributed by atoms with Crippen LogP contribution in [0.15, 0.2) is 54.7 Å². The van der Waals surface area contributed by atoms with Gasteiger partial charge in [0, 0.05) is 60.1 Å². The van der Waals surface area contributed by atoms with Crippen molar-refractivity contribution in [3.05, 3.63) is 65.9 Å². The quantitative estimate of drug-likeness (QED) is 0.550. The predicted molar refractivity (Wildman–Crippen MR) is 120 cm³/mol. The van der Waals surface area contributed by atoms with E-state index in [9.17, 15) is 24.6 Å². The van der Waals surface area contributed by atoms with Crippen LogP contribution in [0, 0.1) is 0 Å². The first-order chi connectivity index (χ1) is 15.3. The number of nitrogens with zero attached hydrogens (tertiary/aromatic N) is 3. The highest BCUT2D eigenvalue weighted by atomic mass is 16.4. The standard InChI is InChI=1S/C24H25N3O5/c1-16(28)17-6-8-18(9-7-17)25-10-12-26(13-11-25)23(24(31)32)20-14-27(15-22(29)30)21-5-3-2-4-19(20)21/h2-9,14,23H,10-13,15H2,1H3,(H,29,30)(H,31,32). The maximum Gasteiger partial charge on any atom is 0.325 e. The molecule has 0 radical (unpaired) electrons. The molecule has 1 saturated heterocycles. The van der Waals surface area contributed by atoms with Crippen molar-refractivity contribution in [3.63, 3.8) is 0 Å². The van der Waals surface area contributed by atoms with Crippen molar-refractivity contribution in [2.45, 2.75) is 19.5 Å². The number of fused-ring (bicyclic) bond motifs is 1. The lowest BCUT2D eigenvalue weighted by molar-refractivity contribution is -0.143. The first-order valence-electron chi connectivity index (χ1n) is 10.5. The summed E-state index contributed by atoms with van der Waals surface area (Å²) in [7, 11) is 0. The third-order valence-corrected chi connectivity index (χ3v) is 5.97. The SMILES string of the molecule is CC(=O)c1ccc(N2CCN(C(C(=O)O)c3cn(CC(=O)O)c4ccccc34)CC2)cc1. The van der Waals surface area contributed by atoms with E-state index in [0.29, 0.717) is 42.8 Å². The third-order valence-electron chi connectivity index (χ3n) is 5.97. The molecule has 166 valence electrons. The smallest absolute Gasteiger partial charge is 0.325 e. The largest absolute Gasteiger partial charge is 0.480 e. The lowest BCUT2D eigenvalue weighted by Crippen LogP contribution is -2.49. The van der Waals surface area contributed by atoms with Crippen LogP contribution in [0.2, 0.25) is 0 Å². The first kappa shape index (κ1) is 21.6. The van der Waals surface area contributed by atoms with Crippen LogP contribution in [0.1, 0.15) is 28.9 Å². The summed E-state index contributed by atoms with van der Waals surface area (Å²) in [6.45, 7) is 3.70. The molecule has 2 heterocycles. The van der Waals surface area contributed by atoms with E-state index < -0.39 is 18.0 Å². The van der Waals surface area contributed by atoms with Gasteiger partial charge < -0.3 is 19.7 Å². The summed E-state index contributed by atoms with van der Waals surface area (Å²) < 4.78 is 1.59. The minimum atomic E-state index is -0.978. The van der Waals surface area contributed by atoms with Crippen LogP contribution < -0.4 is 4.90 Å². The molecule has 0 saturated carbocycles. The van der Waals surface area contributed by atoms with Gasteiger partial charge in [-0.15, -0.1) is 0 Å². The number of piperazine rings is 1. The molecule has 8 heteroatoms. The maximum atomic E-state index is 12.3. The molecule has 0 amide bonds. The molecular formula is C24H25N3O5. The summed E-state index contributed by atoms with van der Waals surface area (Å²) in [6, 6.07) is 13.9. The fourth-order valence-electron chi connectivity index (χ4n) is 4.40. The molecular weight excluding hydrogens is 410 g/mol. The topological polar surface area (TPSA) is 103 Å². The number of hydrogen-bond acceptors (Lipinski definition) is 5. The van der Waals surface area contributed by atoms with Gasteiger partial charge in [0.1, 0.15) is 12.6 Å². The Morgan fingerprint density at radius 2 is 1.59 bits per heavy atom. The molecule has 1 atom stereocenters. The van der Waals surface area contributed by atoms with Gasteiger partial charge in [-0.3, -0.25) is 19.3 Å². The van der Waals surface area contributed by atoms with Crippen LogP contribution in [-0.4, -0.2) is 63.6 Å². The molecule has 2 aromatic carbocycles. The van der Waals surface area contributed by atoms with E-state index in [0.717, 1.165) is 11.1 Å². The Hall–Kier alpha value is -3.65. The number of aliphatic carboxylic acids is 2. The molecule has 1 unspecified atom stereocenters. The molecule has 4 rings (SSSR count). The van der Waals surface area contributed by atoms with E-state index in [4.69, 9.17) is 0 Å². The second-order valence-corrected chi connectivity index (χ2v) is 7.99. The van der Waals surface area contributed by atoms with Crippen molar-refractivity contribution in [2.75, 3.05) is 31.1 Å². The monoisotopic (exact) mass is 435 g/mol. The normalized spacial score (nSPS) is 15.6. The number of benzene rings is 2. The highest BCUT2D eigenvalue weighted by Gasteiger charge is 2.33. The van der Waals surface area contributed by atoms with Crippen molar-refractivity contribution in [3.8, 4) is 0 Å². The summed E-state index contributed by atoms with van der Waals surface area (Å²) in [5, 5.41) is 20.1. The molecule has 1 aliphatic rings. The minimum Gasteiger partial charge on any atom is -0.480 e. The van der Waals surface area contributed by atoms with E-state index in [-0.39, 0.29) is 12.3 Å². The lowest BCUT2D eigenvalue weighted by atomic mass is 10.0. The van der Waals surface area contributed by atoms with Crippen molar-refractivity contribution in [1.29, 1.82) is 0 Å². The van der Waals surface area contributed by atoms with Crippen molar-refractivity contribution < 1.29 is 24.6 Å². The van der Waals surface area contributed by atoms with E-state index >= 15 is 0 Å². The van der Waals surface area contributed by atoms with Gasteiger partial charge in [0.05, 0.1) is 0 Å². The minimum absolute atomic E-state index is 0.0210. The van der Waals surface area contributed by atoms with E-state index in [1.807, 2.05) is 41.3 Å². The summed E-state index contributed by atoms with van der Waals surface area (Å²) in [4.78, 5) is 39.2. The zero-order valence-corrected chi connectivity index (χ0v) is 17.8. The molecule has 1 aromatic heterocycles. The summed E-state index contributed by atoms with van der Waals surface area (Å²) in [5.41, 5.74) is 2.98. The number of rotatable bonds is 7. The van der Waals surface area contributed by atoms with Gasteiger partial charge in [0.15, 0.2) is 5.78 Å². The number of carbonyl (C=O) groups excluding carboxylic acids is 1. The van der Waals surface area contributed by atoms with Crippen molar-refractivity contribution >= 4 is 34.3 Å². The average molecular weight is 435 g/mol. The Balaban J connectivity index is 1.57. The lowest BCUT2D eigenvalue weighted by Gasteiger charge is -2.38. The van der Waals surface area contributed by atoms with Crippen LogP contribution in [-0.2, 0) is 16.1 Å². The van der Waals surface area contributed by atoms with Gasteiger partial charge in [-0.2, -0.15) is 0 Å². The van der Waals surface area contributed by atoms with Crippen LogP contribution in [0.25, 0.3) is 10.9 Å². The fraction of sp³-hybridized carbons (Fsp3) is 0.292. The average Bonchev–Trinajstić information content (AvgIpc) is 3.12. The number of anilines is 1. The molecule has 3 aromatic rings. The van der Waals surface area contributed by atoms with E-state index in [1.54, 1.807) is 22.9 Å². The van der Waals surface area contributed by atoms with Crippen LogP contribution >= 0.6 is 0 Å². The number of Topliss-reactive ketones (excluding diaryl/α,β-unsaturated/α-hetero) is 1. The summed E-state index contributed by atoms with van der Waals surface area (Å²) in [5.74, 6) is -1.91. The Labute approximate surface area is 185 Å². The van der Waals surface area contributed by atoms with Crippen LogP contribution in [0.4, 0.5) is 5.69 Å². The Morgan fingerprint density at radius 1 is 0.938 bits per heavy atom. The molecule has 0 aliphatic carbocycles. The molecule has 8 nitrogen and oxygen atoms in total. The number of hydrogen-bond donors (Lipinski definition) is 2. The molecule has 0 spiro atoms. The van der Waals surface area contributed by atoms with Crippen LogP contribution in [0.5, 0.6) is 0 Å². The molecule has 2 N–H and O–H groups in total. The summed E-state index contributed by atoms with van der Waals surface area (Å²) in [6.07, 6.45) is 1.66. The zero-order chi connectivity index (χ0) is 22.8. The number of carboxylic acids is 2. The second-order valence-electron chi connectivity index (χ2n) is 7.99. The van der Waals surface area contributed by atoms with Gasteiger partial charge in [0.25, 0.3) is 0 Å². The van der Waals surface area contributed by atoms with Crippen molar-refractivity contribution in [2.24, 2.45) is 0 Å². The highest BCUT2D eigenvalue weighted by molar-refractivity contribution is 5.94. The Kier molecular flexibility index (Phi) is 5.96. The predicted octanol–water partition coefficient (Wildman–Crippen LogP) is 2.88. The van der Waals surface area contributed by atoms with Gasteiger partial charge >= 0.3 is 11.9 Å². The summed E-state index contributed by atoms with van der Waals surface area (Å²) >= 11 is 0. The number of para-hydroxylation sites is 1. The van der Waals surface area contributed by atoms with Gasteiger partial charge in [-0.05, 0) is 37.3 Å². The second kappa shape index (κ2) is 8.84. The Bertz CT molecular complexity index is 1160. The number of aromatic nitrogens is 1. The zero-order valence-electron chi connectivity index (χ0n) is 17.8. The van der Waals surface area contributed by atoms with E-state index in [2.05, 4.69) is 4.90 Å². The number of carbonyl (C=O) groups is 3.